The number of carbonyl (C=O) groups is 1. The summed E-state index contributed by atoms with van der Waals surface area (Å²) >= 11 is 6.01. The molecule has 1 aliphatic heterocycles. The number of aromatic nitrogens is 1. The van der Waals surface area contributed by atoms with Crippen molar-refractivity contribution in [1.82, 2.24) is 4.98 Å². The van der Waals surface area contributed by atoms with Crippen LogP contribution >= 0.6 is 11.6 Å². The van der Waals surface area contributed by atoms with Crippen molar-refractivity contribution >= 4 is 35.0 Å². The molecule has 6 heteroatoms. The van der Waals surface area contributed by atoms with Gasteiger partial charge in [-0.3, -0.25) is 4.98 Å². The van der Waals surface area contributed by atoms with Crippen LogP contribution in [0, 0.1) is 0 Å². The predicted molar refractivity (Wildman–Crippen MR) is 128 cm³/mol. The molecule has 3 aromatic rings. The Balaban J connectivity index is 1.56. The molecule has 2 aromatic carbocycles. The third-order valence-corrected chi connectivity index (χ3v) is 5.69. The van der Waals surface area contributed by atoms with Crippen molar-refractivity contribution in [2.45, 2.75) is 25.2 Å². The van der Waals surface area contributed by atoms with Gasteiger partial charge in [0.2, 0.25) is 0 Å². The number of anilines is 2. The zero-order chi connectivity index (χ0) is 22.3. The molecule has 0 atom stereocenters. The van der Waals surface area contributed by atoms with Crippen LogP contribution in [-0.4, -0.2) is 29.3 Å². The third kappa shape index (κ3) is 5.96. The molecule has 1 aliphatic rings. The Morgan fingerprint density at radius 2 is 1.88 bits per heavy atom. The smallest absolute Gasteiger partial charge is 0.335 e. The molecular formula is C26H25ClN2O3. The largest absolute Gasteiger partial charge is 0.478 e. The van der Waals surface area contributed by atoms with Gasteiger partial charge in [-0.25, -0.2) is 4.79 Å². The Morgan fingerprint density at radius 3 is 2.62 bits per heavy atom. The number of carboxylic acids is 1. The molecule has 1 aromatic heterocycles. The molecule has 0 unspecified atom stereocenters. The van der Waals surface area contributed by atoms with Crippen molar-refractivity contribution < 1.29 is 14.6 Å². The fourth-order valence-electron chi connectivity index (χ4n) is 3.78. The second-order valence-electron chi connectivity index (χ2n) is 7.83. The number of hydrogen-bond donors (Lipinski definition) is 2. The van der Waals surface area contributed by atoms with E-state index < -0.39 is 5.97 Å². The minimum absolute atomic E-state index is 0.279. The molecule has 0 spiro atoms. The van der Waals surface area contributed by atoms with Gasteiger partial charge in [-0.2, -0.15) is 0 Å². The average Bonchev–Trinajstić information content (AvgIpc) is 2.81. The Hall–Kier alpha value is -3.15. The summed E-state index contributed by atoms with van der Waals surface area (Å²) in [5, 5.41) is 13.3. The zero-order valence-electron chi connectivity index (χ0n) is 17.6. The average molecular weight is 449 g/mol. The first-order valence-electron chi connectivity index (χ1n) is 10.7. The first-order valence-corrected chi connectivity index (χ1v) is 11.1. The van der Waals surface area contributed by atoms with Crippen LogP contribution in [0.25, 0.3) is 6.08 Å². The van der Waals surface area contributed by atoms with Gasteiger partial charge in [-0.05, 0) is 66.9 Å². The van der Waals surface area contributed by atoms with Crippen LogP contribution in [0.5, 0.6) is 0 Å². The lowest BCUT2D eigenvalue weighted by molar-refractivity contribution is 0.0697. The second kappa shape index (κ2) is 10.4. The maximum Gasteiger partial charge on any atom is 0.335 e. The summed E-state index contributed by atoms with van der Waals surface area (Å²) in [4.78, 5) is 16.1. The molecule has 0 saturated carbocycles. The highest BCUT2D eigenvalue weighted by Crippen LogP contribution is 2.29. The number of benzene rings is 2. The van der Waals surface area contributed by atoms with E-state index in [9.17, 15) is 9.90 Å². The van der Waals surface area contributed by atoms with Gasteiger partial charge in [0.25, 0.3) is 0 Å². The van der Waals surface area contributed by atoms with Crippen LogP contribution in [0.3, 0.4) is 0 Å². The number of aromatic carboxylic acids is 1. The number of nitrogens with one attached hydrogen (secondary N) is 1. The Labute approximate surface area is 192 Å². The Morgan fingerprint density at radius 1 is 1.09 bits per heavy atom. The van der Waals surface area contributed by atoms with Crippen molar-refractivity contribution in [3.8, 4) is 0 Å². The van der Waals surface area contributed by atoms with Crippen molar-refractivity contribution in [2.24, 2.45) is 0 Å². The summed E-state index contributed by atoms with van der Waals surface area (Å²) in [6.45, 7) is 1.52. The van der Waals surface area contributed by atoms with Gasteiger partial charge in [0.15, 0.2) is 0 Å². The van der Waals surface area contributed by atoms with E-state index >= 15 is 0 Å². The van der Waals surface area contributed by atoms with Crippen LogP contribution in [-0.2, 0) is 11.2 Å². The first kappa shape index (κ1) is 22.1. The van der Waals surface area contributed by atoms with Crippen LogP contribution < -0.4 is 5.32 Å². The highest BCUT2D eigenvalue weighted by molar-refractivity contribution is 6.30. The highest BCUT2D eigenvalue weighted by Gasteiger charge is 2.18. The fraction of sp³-hybridized carbons (Fsp3) is 0.231. The molecule has 0 bridgehead atoms. The minimum Gasteiger partial charge on any atom is -0.478 e. The molecule has 164 valence electrons. The molecule has 2 heterocycles. The van der Waals surface area contributed by atoms with Crippen LogP contribution in [0.1, 0.15) is 46.1 Å². The number of ether oxygens (including phenoxy) is 1. The van der Waals surface area contributed by atoms with Gasteiger partial charge >= 0.3 is 5.97 Å². The fourth-order valence-corrected chi connectivity index (χ4v) is 3.91. The molecule has 0 amide bonds. The highest BCUT2D eigenvalue weighted by atomic mass is 35.5. The van der Waals surface area contributed by atoms with Gasteiger partial charge in [0.05, 0.1) is 5.56 Å². The van der Waals surface area contributed by atoms with Gasteiger partial charge in [0.1, 0.15) is 0 Å². The van der Waals surface area contributed by atoms with E-state index in [4.69, 9.17) is 21.3 Å². The Kier molecular flexibility index (Phi) is 7.20. The van der Waals surface area contributed by atoms with Crippen molar-refractivity contribution in [3.05, 3.63) is 94.3 Å². The summed E-state index contributed by atoms with van der Waals surface area (Å²) in [5.41, 5.74) is 5.11. The third-order valence-electron chi connectivity index (χ3n) is 5.44. The molecule has 5 nitrogen and oxygen atoms in total. The van der Waals surface area contributed by atoms with Crippen LogP contribution in [0.4, 0.5) is 11.4 Å². The summed E-state index contributed by atoms with van der Waals surface area (Å²) in [7, 11) is 0. The lowest BCUT2D eigenvalue weighted by Crippen LogP contribution is -2.16. The van der Waals surface area contributed by atoms with E-state index in [0.29, 0.717) is 17.4 Å². The van der Waals surface area contributed by atoms with E-state index in [1.807, 2.05) is 42.5 Å². The molecule has 1 fully saturated rings. The maximum absolute atomic E-state index is 11.2. The molecule has 1 saturated heterocycles. The number of nitrogens with zero attached hydrogens (tertiary/aromatic N) is 1. The number of halogens is 1. The lowest BCUT2D eigenvalue weighted by Gasteiger charge is -2.22. The van der Waals surface area contributed by atoms with E-state index in [1.54, 1.807) is 18.2 Å². The number of pyridine rings is 1. The minimum atomic E-state index is -0.927. The molecule has 0 radical (unpaired) electrons. The number of hydrogen-bond acceptors (Lipinski definition) is 4. The summed E-state index contributed by atoms with van der Waals surface area (Å²) in [6.07, 6.45) is 6.53. The number of rotatable bonds is 7. The SMILES string of the molecule is O=C(O)c1cccc(C=CCc2cc(Nc3ccc(Cl)cc3)cc(C3CCOCC3)n2)c1. The molecule has 2 N–H and O–H groups in total. The zero-order valence-corrected chi connectivity index (χ0v) is 18.4. The number of allylic oxidation sites excluding steroid dienone is 1. The molecular weight excluding hydrogens is 424 g/mol. The Bertz CT molecular complexity index is 1110. The number of carboxylic acid groups (broad SMARTS) is 1. The lowest BCUT2D eigenvalue weighted by atomic mass is 9.95. The van der Waals surface area contributed by atoms with E-state index in [2.05, 4.69) is 17.4 Å². The van der Waals surface area contributed by atoms with Crippen molar-refractivity contribution in [1.29, 1.82) is 0 Å². The van der Waals surface area contributed by atoms with Gasteiger partial charge in [-0.15, -0.1) is 0 Å². The normalized spacial score (nSPS) is 14.5. The second-order valence-corrected chi connectivity index (χ2v) is 8.26. The molecule has 32 heavy (non-hydrogen) atoms. The predicted octanol–water partition coefficient (Wildman–Crippen LogP) is 6.33. The van der Waals surface area contributed by atoms with Crippen LogP contribution in [0.2, 0.25) is 5.02 Å². The topological polar surface area (TPSA) is 71.5 Å². The summed E-state index contributed by atoms with van der Waals surface area (Å²) in [5.74, 6) is -0.547. The van der Waals surface area contributed by atoms with Gasteiger partial charge in [0, 0.05) is 53.3 Å². The monoisotopic (exact) mass is 448 g/mol. The van der Waals surface area contributed by atoms with E-state index in [0.717, 1.165) is 54.4 Å². The van der Waals surface area contributed by atoms with Crippen molar-refractivity contribution in [3.63, 3.8) is 0 Å². The standard InChI is InChI=1S/C26H25ClN2O3/c27-21-7-9-22(10-8-21)28-24-16-23(29-25(17-24)19-11-13-32-14-12-19)6-2-4-18-3-1-5-20(15-18)26(30)31/h1-5,7-10,15-17,19H,6,11-14H2,(H,28,29)(H,30,31). The first-order chi connectivity index (χ1) is 15.6. The quantitative estimate of drug-likeness (QED) is 0.442. The van der Waals surface area contributed by atoms with E-state index in [1.165, 1.54) is 0 Å². The van der Waals surface area contributed by atoms with Gasteiger partial charge in [-0.1, -0.05) is 35.9 Å². The molecule has 4 rings (SSSR count). The van der Waals surface area contributed by atoms with Gasteiger partial charge < -0.3 is 15.2 Å². The van der Waals surface area contributed by atoms with Crippen molar-refractivity contribution in [2.75, 3.05) is 18.5 Å². The maximum atomic E-state index is 11.2. The van der Waals surface area contributed by atoms with Crippen LogP contribution in [0.15, 0.2) is 66.7 Å². The van der Waals surface area contributed by atoms with E-state index in [-0.39, 0.29) is 5.56 Å². The molecule has 0 aliphatic carbocycles. The summed E-state index contributed by atoms with van der Waals surface area (Å²) in [6, 6.07) is 18.7. The summed E-state index contributed by atoms with van der Waals surface area (Å²) < 4.78 is 5.52.